The molecule has 2 N–H and O–H groups in total. The second-order valence-corrected chi connectivity index (χ2v) is 8.63. The van der Waals surface area contributed by atoms with Gasteiger partial charge in [-0.2, -0.15) is 0 Å². The number of nitrogens with zero attached hydrogens (tertiary/aromatic N) is 2. The van der Waals surface area contributed by atoms with Crippen LogP contribution in [0, 0.1) is 12.3 Å². The molecule has 1 unspecified atom stereocenters. The molecular weight excluding hydrogens is 377 g/mol. The maximum atomic E-state index is 12.9. The van der Waals surface area contributed by atoms with Crippen molar-refractivity contribution in [2.24, 2.45) is 11.1 Å². The van der Waals surface area contributed by atoms with Gasteiger partial charge in [-0.1, -0.05) is 19.3 Å². The SMILES string of the molecule is Cc1nc2c(s1)C(N(C)C(=O)CC1(CN)CCCCC1)CCC2.Cl.Cl. The fourth-order valence-corrected chi connectivity index (χ4v) is 5.41. The van der Waals surface area contributed by atoms with Gasteiger partial charge in [-0.15, -0.1) is 36.2 Å². The minimum absolute atomic E-state index is 0. The Balaban J connectivity index is 0.00000156. The first kappa shape index (κ1) is 22.7. The summed E-state index contributed by atoms with van der Waals surface area (Å²) in [5.74, 6) is 0.265. The highest BCUT2D eigenvalue weighted by Gasteiger charge is 2.36. The van der Waals surface area contributed by atoms with E-state index in [1.807, 2.05) is 11.9 Å². The molecule has 1 atom stereocenters. The van der Waals surface area contributed by atoms with Gasteiger partial charge < -0.3 is 10.6 Å². The number of nitrogens with two attached hydrogens (primary N) is 1. The number of rotatable bonds is 4. The third-order valence-corrected chi connectivity index (χ3v) is 6.88. The Labute approximate surface area is 167 Å². The van der Waals surface area contributed by atoms with E-state index >= 15 is 0 Å². The zero-order chi connectivity index (χ0) is 16.4. The highest BCUT2D eigenvalue weighted by atomic mass is 35.5. The molecule has 0 saturated heterocycles. The Morgan fingerprint density at radius 3 is 2.60 bits per heavy atom. The van der Waals surface area contributed by atoms with E-state index in [4.69, 9.17) is 5.73 Å². The summed E-state index contributed by atoms with van der Waals surface area (Å²) in [6.07, 6.45) is 9.81. The van der Waals surface area contributed by atoms with Gasteiger partial charge in [0.15, 0.2) is 0 Å². The normalized spacial score (nSPS) is 21.5. The molecule has 1 aromatic heterocycles. The van der Waals surface area contributed by atoms with Crippen LogP contribution in [0.25, 0.3) is 0 Å². The van der Waals surface area contributed by atoms with Gasteiger partial charge in [0.05, 0.1) is 21.6 Å². The van der Waals surface area contributed by atoms with E-state index < -0.39 is 0 Å². The van der Waals surface area contributed by atoms with Crippen molar-refractivity contribution in [3.63, 3.8) is 0 Å². The molecule has 1 saturated carbocycles. The van der Waals surface area contributed by atoms with Crippen LogP contribution >= 0.6 is 36.2 Å². The average Bonchev–Trinajstić information content (AvgIpc) is 2.95. The molecule has 0 aromatic carbocycles. The second kappa shape index (κ2) is 9.54. The summed E-state index contributed by atoms with van der Waals surface area (Å²) in [4.78, 5) is 20.9. The van der Waals surface area contributed by atoms with Gasteiger partial charge in [0.2, 0.25) is 5.91 Å². The predicted molar refractivity (Wildman–Crippen MR) is 109 cm³/mol. The molecule has 0 aliphatic heterocycles. The van der Waals surface area contributed by atoms with E-state index in [2.05, 4.69) is 11.9 Å². The van der Waals surface area contributed by atoms with Crippen LogP contribution < -0.4 is 5.73 Å². The van der Waals surface area contributed by atoms with Gasteiger partial charge in [0.1, 0.15) is 0 Å². The molecule has 1 fully saturated rings. The minimum Gasteiger partial charge on any atom is -0.338 e. The predicted octanol–water partition coefficient (Wildman–Crippen LogP) is 4.43. The third kappa shape index (κ3) is 4.88. The van der Waals surface area contributed by atoms with E-state index in [1.165, 1.54) is 29.8 Å². The monoisotopic (exact) mass is 407 g/mol. The van der Waals surface area contributed by atoms with Gasteiger partial charge >= 0.3 is 0 Å². The van der Waals surface area contributed by atoms with Crippen LogP contribution in [-0.4, -0.2) is 29.4 Å². The molecule has 25 heavy (non-hydrogen) atoms. The summed E-state index contributed by atoms with van der Waals surface area (Å²) in [5.41, 5.74) is 7.33. The van der Waals surface area contributed by atoms with Crippen LogP contribution in [0.3, 0.4) is 0 Å². The summed E-state index contributed by atoms with van der Waals surface area (Å²) < 4.78 is 0. The van der Waals surface area contributed by atoms with Crippen molar-refractivity contribution in [2.75, 3.05) is 13.6 Å². The van der Waals surface area contributed by atoms with Crippen molar-refractivity contribution >= 4 is 42.1 Å². The molecule has 2 aliphatic rings. The summed E-state index contributed by atoms with van der Waals surface area (Å²) in [5, 5.41) is 1.12. The zero-order valence-corrected chi connectivity index (χ0v) is 17.7. The molecule has 144 valence electrons. The van der Waals surface area contributed by atoms with Crippen LogP contribution in [0.4, 0.5) is 0 Å². The van der Waals surface area contributed by atoms with Gasteiger partial charge in [-0.25, -0.2) is 4.98 Å². The summed E-state index contributed by atoms with van der Waals surface area (Å²) in [6, 6.07) is 0.218. The molecule has 0 bridgehead atoms. The van der Waals surface area contributed by atoms with Gasteiger partial charge in [0.25, 0.3) is 0 Å². The maximum Gasteiger partial charge on any atom is 0.223 e. The van der Waals surface area contributed by atoms with E-state index in [1.54, 1.807) is 11.3 Å². The number of carbonyl (C=O) groups is 1. The zero-order valence-electron chi connectivity index (χ0n) is 15.3. The number of hydrogen-bond acceptors (Lipinski definition) is 4. The Morgan fingerprint density at radius 2 is 1.96 bits per heavy atom. The van der Waals surface area contributed by atoms with E-state index in [-0.39, 0.29) is 42.2 Å². The molecule has 3 rings (SSSR count). The lowest BCUT2D eigenvalue weighted by atomic mass is 9.71. The van der Waals surface area contributed by atoms with Crippen LogP contribution in [0.1, 0.15) is 73.0 Å². The molecule has 7 heteroatoms. The lowest BCUT2D eigenvalue weighted by Crippen LogP contribution is -2.40. The first-order valence-corrected chi connectivity index (χ1v) is 9.78. The van der Waals surface area contributed by atoms with Gasteiger partial charge in [-0.05, 0) is 51.0 Å². The third-order valence-electron chi connectivity index (χ3n) is 5.76. The van der Waals surface area contributed by atoms with Crippen LogP contribution in [-0.2, 0) is 11.2 Å². The van der Waals surface area contributed by atoms with E-state index in [0.717, 1.165) is 37.1 Å². The van der Waals surface area contributed by atoms with Gasteiger partial charge in [0, 0.05) is 13.5 Å². The minimum atomic E-state index is 0. The largest absolute Gasteiger partial charge is 0.338 e. The highest BCUT2D eigenvalue weighted by molar-refractivity contribution is 7.11. The summed E-state index contributed by atoms with van der Waals surface area (Å²) in [7, 11) is 1.98. The molecule has 1 amide bonds. The Kier molecular flexibility index (Phi) is 8.65. The Morgan fingerprint density at radius 1 is 1.28 bits per heavy atom. The fourth-order valence-electron chi connectivity index (χ4n) is 4.26. The highest BCUT2D eigenvalue weighted by Crippen LogP contribution is 2.41. The number of aromatic nitrogens is 1. The van der Waals surface area contributed by atoms with Crippen molar-refractivity contribution < 1.29 is 4.79 Å². The number of halogens is 2. The van der Waals surface area contributed by atoms with Crippen LogP contribution in [0.2, 0.25) is 0 Å². The van der Waals surface area contributed by atoms with Crippen molar-refractivity contribution in [1.29, 1.82) is 0 Å². The lowest BCUT2D eigenvalue weighted by Gasteiger charge is -2.38. The summed E-state index contributed by atoms with van der Waals surface area (Å²) in [6.45, 7) is 2.70. The standard InChI is InChI=1S/C18H29N3OS.2ClH/c1-13-20-14-7-6-8-15(17(14)23-13)21(2)16(22)11-18(12-19)9-4-3-5-10-18;;/h15H,3-12,19H2,1-2H3;2*1H. The number of carbonyl (C=O) groups excluding carboxylic acids is 1. The Bertz CT molecular complexity index is 573. The van der Waals surface area contributed by atoms with E-state index in [9.17, 15) is 4.79 Å². The quantitative estimate of drug-likeness (QED) is 0.802. The molecule has 1 aromatic rings. The summed E-state index contributed by atoms with van der Waals surface area (Å²) >= 11 is 1.77. The van der Waals surface area contributed by atoms with Crippen molar-refractivity contribution in [3.8, 4) is 0 Å². The molecule has 1 heterocycles. The van der Waals surface area contributed by atoms with E-state index in [0.29, 0.717) is 13.0 Å². The molecule has 2 aliphatic carbocycles. The van der Waals surface area contributed by atoms with Crippen molar-refractivity contribution in [3.05, 3.63) is 15.6 Å². The molecular formula is C18H31Cl2N3OS. The van der Waals surface area contributed by atoms with Crippen LogP contribution in [0.15, 0.2) is 0 Å². The molecule has 0 spiro atoms. The topological polar surface area (TPSA) is 59.2 Å². The lowest BCUT2D eigenvalue weighted by molar-refractivity contribution is -0.135. The average molecular weight is 408 g/mol. The maximum absolute atomic E-state index is 12.9. The number of fused-ring (bicyclic) bond motifs is 1. The fraction of sp³-hybridized carbons (Fsp3) is 0.778. The van der Waals surface area contributed by atoms with Gasteiger partial charge in [-0.3, -0.25) is 4.79 Å². The van der Waals surface area contributed by atoms with Crippen LogP contribution in [0.5, 0.6) is 0 Å². The number of thiazole rings is 1. The first-order chi connectivity index (χ1) is 11.0. The first-order valence-electron chi connectivity index (χ1n) is 8.97. The molecule has 4 nitrogen and oxygen atoms in total. The second-order valence-electron chi connectivity index (χ2n) is 7.40. The van der Waals surface area contributed by atoms with Crippen molar-refractivity contribution in [2.45, 2.75) is 70.8 Å². The smallest absolute Gasteiger partial charge is 0.223 e. The van der Waals surface area contributed by atoms with Crippen molar-refractivity contribution in [1.82, 2.24) is 9.88 Å². The Hall–Kier alpha value is -0.360. The number of amides is 1. The molecule has 0 radical (unpaired) electrons. The number of aryl methyl sites for hydroxylation is 2. The number of hydrogen-bond donors (Lipinski definition) is 1.